The van der Waals surface area contributed by atoms with Crippen molar-refractivity contribution in [3.63, 3.8) is 0 Å². The van der Waals surface area contributed by atoms with E-state index >= 15 is 0 Å². The molecule has 1 saturated carbocycles. The molecule has 0 bridgehead atoms. The van der Waals surface area contributed by atoms with E-state index in [0.29, 0.717) is 27.2 Å². The lowest BCUT2D eigenvalue weighted by Gasteiger charge is -2.06. The van der Waals surface area contributed by atoms with Gasteiger partial charge >= 0.3 is 0 Å². The van der Waals surface area contributed by atoms with Crippen LogP contribution in [0.3, 0.4) is 0 Å². The Bertz CT molecular complexity index is 1170. The molecular weight excluding hydrogens is 465 g/mol. The summed E-state index contributed by atoms with van der Waals surface area (Å²) in [5.74, 6) is -0.370. The van der Waals surface area contributed by atoms with Crippen molar-refractivity contribution in [3.8, 4) is 0 Å². The number of nitrogens with one attached hydrogen (secondary N) is 2. The van der Waals surface area contributed by atoms with Crippen molar-refractivity contribution in [3.05, 3.63) is 74.7 Å². The molecule has 1 aromatic heterocycles. The highest BCUT2D eigenvalue weighted by molar-refractivity contribution is 7.89. The van der Waals surface area contributed by atoms with Crippen molar-refractivity contribution >= 4 is 55.6 Å². The van der Waals surface area contributed by atoms with Crippen LogP contribution in [0.2, 0.25) is 10.0 Å². The third-order valence-corrected chi connectivity index (χ3v) is 7.67. The summed E-state index contributed by atoms with van der Waals surface area (Å²) in [5.41, 5.74) is 1.14. The minimum Gasteiger partial charge on any atom is -0.298 e. The summed E-state index contributed by atoms with van der Waals surface area (Å²) in [4.78, 5) is 17.7. The number of sulfonamides is 1. The summed E-state index contributed by atoms with van der Waals surface area (Å²) in [6.45, 7) is 0. The fourth-order valence-corrected chi connectivity index (χ4v) is 5.42. The summed E-state index contributed by atoms with van der Waals surface area (Å²) in [5, 5.41) is 4.32. The van der Waals surface area contributed by atoms with Crippen LogP contribution >= 0.6 is 34.5 Å². The average molecular weight is 482 g/mol. The monoisotopic (exact) mass is 481 g/mol. The van der Waals surface area contributed by atoms with E-state index in [1.807, 2.05) is 0 Å². The number of halogens is 2. The molecule has 4 rings (SSSR count). The zero-order valence-electron chi connectivity index (χ0n) is 15.6. The molecule has 1 amide bonds. The van der Waals surface area contributed by atoms with Gasteiger partial charge in [0, 0.05) is 39.1 Å². The molecule has 1 aliphatic rings. The Balaban J connectivity index is 1.42. The molecule has 0 spiro atoms. The number of amides is 1. The highest BCUT2D eigenvalue weighted by Crippen LogP contribution is 2.30. The van der Waals surface area contributed by atoms with Crippen LogP contribution in [0, 0.1) is 0 Å². The maximum absolute atomic E-state index is 12.5. The number of carbonyl (C=O) groups is 1. The summed E-state index contributed by atoms with van der Waals surface area (Å²) in [6, 6.07) is 11.2. The van der Waals surface area contributed by atoms with Crippen LogP contribution in [0.5, 0.6) is 0 Å². The minimum atomic E-state index is -3.55. The molecule has 1 heterocycles. The first-order valence-electron chi connectivity index (χ1n) is 9.13. The number of aromatic nitrogens is 1. The highest BCUT2D eigenvalue weighted by atomic mass is 35.5. The van der Waals surface area contributed by atoms with Gasteiger partial charge in [0.2, 0.25) is 10.0 Å². The average Bonchev–Trinajstić information content (AvgIpc) is 3.40. The van der Waals surface area contributed by atoms with E-state index in [-0.39, 0.29) is 16.8 Å². The van der Waals surface area contributed by atoms with Gasteiger partial charge in [0.15, 0.2) is 5.13 Å². The molecule has 2 N–H and O–H groups in total. The smallest absolute Gasteiger partial charge is 0.257 e. The first-order valence-corrected chi connectivity index (χ1v) is 12.2. The number of rotatable bonds is 7. The molecular formula is C20H17Cl2N3O3S2. The number of benzene rings is 2. The maximum Gasteiger partial charge on any atom is 0.257 e. The minimum absolute atomic E-state index is 0.0257. The fraction of sp³-hybridized carbons (Fsp3) is 0.200. The summed E-state index contributed by atoms with van der Waals surface area (Å²) in [6.07, 6.45) is 3.89. The zero-order valence-corrected chi connectivity index (χ0v) is 18.7. The van der Waals surface area contributed by atoms with E-state index in [9.17, 15) is 13.2 Å². The molecule has 156 valence electrons. The lowest BCUT2D eigenvalue weighted by atomic mass is 10.1. The molecule has 6 nitrogen and oxygen atoms in total. The molecule has 10 heteroatoms. The zero-order chi connectivity index (χ0) is 21.3. The quantitative estimate of drug-likeness (QED) is 0.510. The van der Waals surface area contributed by atoms with Crippen molar-refractivity contribution in [2.45, 2.75) is 30.2 Å². The van der Waals surface area contributed by atoms with Gasteiger partial charge in [0.25, 0.3) is 5.91 Å². The molecule has 3 aromatic rings. The predicted octanol–water partition coefficient (Wildman–Crippen LogP) is 4.73. The number of anilines is 1. The van der Waals surface area contributed by atoms with Gasteiger partial charge in [-0.25, -0.2) is 18.1 Å². The molecule has 0 aliphatic heterocycles. The van der Waals surface area contributed by atoms with Crippen LogP contribution in [0.1, 0.15) is 33.6 Å². The fourth-order valence-electron chi connectivity index (χ4n) is 2.77. The molecule has 1 aliphatic carbocycles. The number of hydrogen-bond acceptors (Lipinski definition) is 5. The summed E-state index contributed by atoms with van der Waals surface area (Å²) >= 11 is 13.7. The normalized spacial score (nSPS) is 13.9. The summed E-state index contributed by atoms with van der Waals surface area (Å²) in [7, 11) is -3.55. The predicted molar refractivity (Wildman–Crippen MR) is 119 cm³/mol. The Morgan fingerprint density at radius 2 is 1.77 bits per heavy atom. The number of thiazole rings is 1. The van der Waals surface area contributed by atoms with E-state index in [2.05, 4.69) is 15.0 Å². The van der Waals surface area contributed by atoms with Crippen molar-refractivity contribution in [1.82, 2.24) is 9.71 Å². The Morgan fingerprint density at radius 1 is 1.10 bits per heavy atom. The molecule has 2 aromatic carbocycles. The first kappa shape index (κ1) is 21.3. The number of carbonyl (C=O) groups excluding carboxylic acids is 1. The van der Waals surface area contributed by atoms with Crippen molar-refractivity contribution in [1.29, 1.82) is 0 Å². The molecule has 0 atom stereocenters. The van der Waals surface area contributed by atoms with Gasteiger partial charge in [-0.05, 0) is 54.8 Å². The third-order valence-electron chi connectivity index (χ3n) is 4.51. The van der Waals surface area contributed by atoms with Gasteiger partial charge in [-0.15, -0.1) is 11.3 Å². The second-order valence-corrected chi connectivity index (χ2v) is 10.5. The van der Waals surface area contributed by atoms with E-state index in [0.717, 1.165) is 23.3 Å². The van der Waals surface area contributed by atoms with E-state index in [1.165, 1.54) is 35.6 Å². The van der Waals surface area contributed by atoms with E-state index in [4.69, 9.17) is 23.2 Å². The van der Waals surface area contributed by atoms with Crippen molar-refractivity contribution in [2.75, 3.05) is 5.32 Å². The highest BCUT2D eigenvalue weighted by Gasteiger charge is 2.28. The first-order chi connectivity index (χ1) is 14.3. The second-order valence-electron chi connectivity index (χ2n) is 6.88. The van der Waals surface area contributed by atoms with Crippen molar-refractivity contribution in [2.24, 2.45) is 0 Å². The van der Waals surface area contributed by atoms with Crippen LogP contribution in [-0.2, 0) is 16.4 Å². The lowest BCUT2D eigenvalue weighted by molar-refractivity contribution is 0.102. The van der Waals surface area contributed by atoms with Crippen LogP contribution in [0.15, 0.2) is 53.6 Å². The lowest BCUT2D eigenvalue weighted by Crippen LogP contribution is -2.25. The molecule has 0 saturated heterocycles. The Labute approximate surface area is 188 Å². The molecule has 1 fully saturated rings. The van der Waals surface area contributed by atoms with Crippen LogP contribution in [0.4, 0.5) is 5.13 Å². The third kappa shape index (κ3) is 5.01. The number of nitrogens with zero attached hydrogens (tertiary/aromatic N) is 1. The Morgan fingerprint density at radius 3 is 2.40 bits per heavy atom. The van der Waals surface area contributed by atoms with Crippen LogP contribution in [-0.4, -0.2) is 25.4 Å². The topological polar surface area (TPSA) is 88.2 Å². The van der Waals surface area contributed by atoms with Gasteiger partial charge in [-0.1, -0.05) is 29.3 Å². The van der Waals surface area contributed by atoms with E-state index < -0.39 is 10.0 Å². The summed E-state index contributed by atoms with van der Waals surface area (Å²) < 4.78 is 27.0. The SMILES string of the molecule is O=C(Nc1ncc(Cc2c(Cl)cccc2Cl)s1)c1ccc(S(=O)(=O)NC2CC2)cc1. The Hall–Kier alpha value is -1.97. The molecule has 0 radical (unpaired) electrons. The van der Waals surface area contributed by atoms with Crippen LogP contribution in [0.25, 0.3) is 0 Å². The van der Waals surface area contributed by atoms with Gasteiger partial charge in [0.1, 0.15) is 0 Å². The van der Waals surface area contributed by atoms with Crippen molar-refractivity contribution < 1.29 is 13.2 Å². The largest absolute Gasteiger partial charge is 0.298 e. The van der Waals surface area contributed by atoms with Gasteiger partial charge in [0.05, 0.1) is 4.90 Å². The van der Waals surface area contributed by atoms with Gasteiger partial charge in [-0.2, -0.15) is 0 Å². The molecule has 0 unspecified atom stereocenters. The Kier molecular flexibility index (Phi) is 6.13. The second kappa shape index (κ2) is 8.64. The standard InChI is InChI=1S/C20H17Cl2N3O3S2/c21-17-2-1-3-18(22)16(17)10-14-11-23-20(29-14)24-19(26)12-4-8-15(9-5-12)30(27,28)25-13-6-7-13/h1-5,8-9,11,13,25H,6-7,10H2,(H,23,24,26). The molecule has 30 heavy (non-hydrogen) atoms. The maximum atomic E-state index is 12.5. The van der Waals surface area contributed by atoms with Gasteiger partial charge in [-0.3, -0.25) is 10.1 Å². The number of hydrogen-bond donors (Lipinski definition) is 2. The van der Waals surface area contributed by atoms with Gasteiger partial charge < -0.3 is 0 Å². The van der Waals surface area contributed by atoms with E-state index in [1.54, 1.807) is 24.4 Å². The van der Waals surface area contributed by atoms with Crippen LogP contribution < -0.4 is 10.0 Å².